The van der Waals surface area contributed by atoms with Crippen LogP contribution in [0.3, 0.4) is 0 Å². The number of carboxylic acids is 1. The number of aliphatic carboxylic acids is 1. The summed E-state index contributed by atoms with van der Waals surface area (Å²) in [6.07, 6.45) is 1.84. The van der Waals surface area contributed by atoms with E-state index in [-0.39, 0.29) is 12.8 Å². The maximum atomic E-state index is 12.9. The summed E-state index contributed by atoms with van der Waals surface area (Å²) in [5, 5.41) is 8.57. The lowest BCUT2D eigenvalue weighted by atomic mass is 10.1. The maximum Gasteiger partial charge on any atom is 0.320 e. The van der Waals surface area contributed by atoms with Crippen LogP contribution in [0.5, 0.6) is 0 Å². The Hall–Kier alpha value is -0.750. The zero-order chi connectivity index (χ0) is 12.9. The molecule has 0 unspecified atom stereocenters. The maximum absolute atomic E-state index is 12.9. The normalized spacial score (nSPS) is 22.3. The number of nitrogens with two attached hydrogens (primary N) is 1. The van der Waals surface area contributed by atoms with E-state index in [0.29, 0.717) is 19.5 Å². The van der Waals surface area contributed by atoms with Gasteiger partial charge in [0.15, 0.2) is 0 Å². The predicted octanol–water partition coefficient (Wildman–Crippen LogP) is 1.30. The quantitative estimate of drug-likeness (QED) is 0.697. The van der Waals surface area contributed by atoms with E-state index < -0.39 is 17.9 Å². The molecule has 0 aliphatic carbocycles. The van der Waals surface area contributed by atoms with Gasteiger partial charge in [-0.25, -0.2) is 8.78 Å². The van der Waals surface area contributed by atoms with Gasteiger partial charge in [-0.15, -0.1) is 0 Å². The van der Waals surface area contributed by atoms with Gasteiger partial charge >= 0.3 is 5.97 Å². The second-order valence-corrected chi connectivity index (χ2v) is 4.64. The molecule has 17 heavy (non-hydrogen) atoms. The van der Waals surface area contributed by atoms with Gasteiger partial charge in [0.1, 0.15) is 6.04 Å². The summed E-state index contributed by atoms with van der Waals surface area (Å²) < 4.78 is 25.7. The number of likely N-dealkylation sites (tertiary alicyclic amines) is 1. The molecule has 3 N–H and O–H groups in total. The molecule has 4 nitrogen and oxygen atoms in total. The van der Waals surface area contributed by atoms with Crippen LogP contribution in [0.2, 0.25) is 0 Å². The minimum atomic E-state index is -2.50. The van der Waals surface area contributed by atoms with Crippen LogP contribution < -0.4 is 5.73 Å². The van der Waals surface area contributed by atoms with Gasteiger partial charge in [-0.2, -0.15) is 0 Å². The van der Waals surface area contributed by atoms with Gasteiger partial charge in [-0.3, -0.25) is 4.79 Å². The Morgan fingerprint density at radius 3 is 2.47 bits per heavy atom. The molecule has 0 aromatic heterocycles. The van der Waals surface area contributed by atoms with E-state index in [0.717, 1.165) is 19.4 Å². The fourth-order valence-electron chi connectivity index (χ4n) is 1.93. The van der Waals surface area contributed by atoms with Crippen molar-refractivity contribution in [3.63, 3.8) is 0 Å². The molecule has 1 aliphatic rings. The average Bonchev–Trinajstić information content (AvgIpc) is 2.25. The average molecular weight is 250 g/mol. The van der Waals surface area contributed by atoms with Crippen molar-refractivity contribution in [2.75, 3.05) is 19.6 Å². The standard InChI is InChI=1S/C11H20F2N2O2/c12-11(13)4-7-15(8-5-11)6-2-1-3-9(14)10(16)17/h9H,1-8,14H2,(H,16,17)/t9-/m0/s1. The van der Waals surface area contributed by atoms with Crippen LogP contribution in [-0.4, -0.2) is 47.6 Å². The lowest BCUT2D eigenvalue weighted by Crippen LogP contribution is -2.39. The molecule has 1 heterocycles. The third kappa shape index (κ3) is 5.41. The topological polar surface area (TPSA) is 66.6 Å². The fraction of sp³-hybridized carbons (Fsp3) is 0.909. The minimum absolute atomic E-state index is 0.0678. The molecule has 0 aromatic carbocycles. The number of unbranched alkanes of at least 4 members (excludes halogenated alkanes) is 1. The molecule has 0 aromatic rings. The van der Waals surface area contributed by atoms with Gasteiger partial charge in [0, 0.05) is 25.9 Å². The van der Waals surface area contributed by atoms with E-state index in [1.807, 2.05) is 4.90 Å². The monoisotopic (exact) mass is 250 g/mol. The first-order chi connectivity index (χ1) is 7.91. The Kier molecular flexibility index (Phi) is 5.27. The fourth-order valence-corrected chi connectivity index (χ4v) is 1.93. The lowest BCUT2D eigenvalue weighted by Gasteiger charge is -2.31. The van der Waals surface area contributed by atoms with Crippen LogP contribution >= 0.6 is 0 Å². The van der Waals surface area contributed by atoms with Crippen molar-refractivity contribution in [3.05, 3.63) is 0 Å². The highest BCUT2D eigenvalue weighted by molar-refractivity contribution is 5.72. The van der Waals surface area contributed by atoms with Crippen molar-refractivity contribution >= 4 is 5.97 Å². The second-order valence-electron chi connectivity index (χ2n) is 4.64. The number of halogens is 2. The first-order valence-electron chi connectivity index (χ1n) is 5.99. The minimum Gasteiger partial charge on any atom is -0.480 e. The molecule has 1 fully saturated rings. The van der Waals surface area contributed by atoms with Crippen molar-refractivity contribution in [3.8, 4) is 0 Å². The molecule has 1 aliphatic heterocycles. The first-order valence-corrected chi connectivity index (χ1v) is 5.99. The number of nitrogens with zero attached hydrogens (tertiary/aromatic N) is 1. The van der Waals surface area contributed by atoms with E-state index in [1.54, 1.807) is 0 Å². The lowest BCUT2D eigenvalue weighted by molar-refractivity contribution is -0.138. The van der Waals surface area contributed by atoms with Crippen molar-refractivity contribution in [1.82, 2.24) is 4.90 Å². The number of hydrogen-bond acceptors (Lipinski definition) is 3. The molecule has 0 radical (unpaired) electrons. The van der Waals surface area contributed by atoms with Crippen LogP contribution in [0, 0.1) is 0 Å². The Bertz CT molecular complexity index is 252. The molecule has 0 bridgehead atoms. The largest absolute Gasteiger partial charge is 0.480 e. The molecule has 0 amide bonds. The number of carboxylic acid groups (broad SMARTS) is 1. The van der Waals surface area contributed by atoms with Crippen molar-refractivity contribution in [2.24, 2.45) is 5.73 Å². The highest BCUT2D eigenvalue weighted by Crippen LogP contribution is 2.27. The van der Waals surface area contributed by atoms with Gasteiger partial charge in [0.05, 0.1) is 0 Å². The van der Waals surface area contributed by atoms with Crippen molar-refractivity contribution < 1.29 is 18.7 Å². The number of alkyl halides is 2. The Labute approximate surface area is 99.8 Å². The Morgan fingerprint density at radius 1 is 1.35 bits per heavy atom. The van der Waals surface area contributed by atoms with Crippen LogP contribution in [0.15, 0.2) is 0 Å². The van der Waals surface area contributed by atoms with Crippen LogP contribution in [-0.2, 0) is 4.79 Å². The summed E-state index contributed by atoms with van der Waals surface area (Å²) in [4.78, 5) is 12.5. The smallest absolute Gasteiger partial charge is 0.320 e. The van der Waals surface area contributed by atoms with Gasteiger partial charge in [0.2, 0.25) is 0 Å². The number of carbonyl (C=O) groups is 1. The second kappa shape index (κ2) is 6.26. The molecular weight excluding hydrogens is 230 g/mol. The molecule has 0 spiro atoms. The summed E-state index contributed by atoms with van der Waals surface area (Å²) in [6, 6.07) is -0.805. The van der Waals surface area contributed by atoms with E-state index in [4.69, 9.17) is 10.8 Å². The van der Waals surface area contributed by atoms with Crippen LogP contribution in [0.4, 0.5) is 8.78 Å². The van der Waals surface area contributed by atoms with Gasteiger partial charge in [-0.1, -0.05) is 6.42 Å². The Balaban J connectivity index is 2.06. The van der Waals surface area contributed by atoms with E-state index in [1.165, 1.54) is 0 Å². The third-order valence-electron chi connectivity index (χ3n) is 3.14. The van der Waals surface area contributed by atoms with E-state index in [2.05, 4.69) is 0 Å². The predicted molar refractivity (Wildman–Crippen MR) is 60.1 cm³/mol. The van der Waals surface area contributed by atoms with Gasteiger partial charge < -0.3 is 15.7 Å². The Morgan fingerprint density at radius 2 is 1.94 bits per heavy atom. The van der Waals surface area contributed by atoms with Crippen LogP contribution in [0.1, 0.15) is 32.1 Å². The molecule has 100 valence electrons. The highest BCUT2D eigenvalue weighted by atomic mass is 19.3. The molecule has 6 heteroatoms. The molecule has 0 saturated carbocycles. The van der Waals surface area contributed by atoms with Crippen molar-refractivity contribution in [1.29, 1.82) is 0 Å². The molecule has 1 saturated heterocycles. The zero-order valence-electron chi connectivity index (χ0n) is 9.87. The van der Waals surface area contributed by atoms with Crippen LogP contribution in [0.25, 0.3) is 0 Å². The molecule has 1 atom stereocenters. The molecular formula is C11H20F2N2O2. The number of rotatable bonds is 6. The third-order valence-corrected chi connectivity index (χ3v) is 3.14. The highest BCUT2D eigenvalue weighted by Gasteiger charge is 2.33. The SMILES string of the molecule is N[C@@H](CCCCN1CCC(F)(F)CC1)C(=O)O. The van der Waals surface area contributed by atoms with Gasteiger partial charge in [-0.05, 0) is 19.4 Å². The number of hydrogen-bond donors (Lipinski definition) is 2. The summed E-state index contributed by atoms with van der Waals surface area (Å²) in [5.74, 6) is -3.48. The summed E-state index contributed by atoms with van der Waals surface area (Å²) in [7, 11) is 0. The summed E-state index contributed by atoms with van der Waals surface area (Å²) in [5.41, 5.74) is 5.36. The summed E-state index contributed by atoms with van der Waals surface area (Å²) >= 11 is 0. The summed E-state index contributed by atoms with van der Waals surface area (Å²) in [6.45, 7) is 1.61. The molecule has 1 rings (SSSR count). The zero-order valence-corrected chi connectivity index (χ0v) is 9.87. The van der Waals surface area contributed by atoms with E-state index >= 15 is 0 Å². The first kappa shape index (κ1) is 14.3. The van der Waals surface area contributed by atoms with E-state index in [9.17, 15) is 13.6 Å². The number of piperidine rings is 1. The van der Waals surface area contributed by atoms with Crippen molar-refractivity contribution in [2.45, 2.75) is 44.1 Å². The van der Waals surface area contributed by atoms with Gasteiger partial charge in [0.25, 0.3) is 5.92 Å².